The Labute approximate surface area is 144 Å². The average Bonchev–Trinajstić information content (AvgIpc) is 3.30. The van der Waals surface area contributed by atoms with Gasteiger partial charge in [-0.15, -0.1) is 11.3 Å². The lowest BCUT2D eigenvalue weighted by Gasteiger charge is -2.39. The fourth-order valence-electron chi connectivity index (χ4n) is 3.74. The maximum Gasteiger partial charge on any atom is 0.257 e. The standard InChI is InChI=1S/C17H21N3O3S/c1-12-14(3-7-22-12)15(21)20-6-2-4-17(11-20)9-13(10-23-17)19-16-18-5-8-24-16/h3,5,7-8,13H,2,4,6,9-11H2,1H3,(H,18,19). The highest BCUT2D eigenvalue weighted by Crippen LogP contribution is 2.36. The molecule has 2 fully saturated rings. The van der Waals surface area contributed by atoms with Gasteiger partial charge >= 0.3 is 0 Å². The molecule has 4 heterocycles. The molecule has 2 aliphatic rings. The van der Waals surface area contributed by atoms with Crippen molar-refractivity contribution >= 4 is 22.4 Å². The SMILES string of the molecule is Cc1occc1C(=O)N1CCCC2(CC(Nc3nccs3)CO2)C1. The number of hydrogen-bond donors (Lipinski definition) is 1. The van der Waals surface area contributed by atoms with Gasteiger partial charge in [-0.05, 0) is 25.8 Å². The molecular formula is C17H21N3O3S. The van der Waals surface area contributed by atoms with Crippen molar-refractivity contribution in [1.29, 1.82) is 0 Å². The van der Waals surface area contributed by atoms with Crippen LogP contribution in [0.15, 0.2) is 28.3 Å². The van der Waals surface area contributed by atoms with Gasteiger partial charge in [0.15, 0.2) is 5.13 Å². The Bertz CT molecular complexity index is 714. The molecule has 1 spiro atoms. The molecule has 0 radical (unpaired) electrons. The summed E-state index contributed by atoms with van der Waals surface area (Å²) >= 11 is 1.60. The van der Waals surface area contributed by atoms with E-state index in [4.69, 9.17) is 9.15 Å². The van der Waals surface area contributed by atoms with E-state index in [1.165, 1.54) is 0 Å². The highest BCUT2D eigenvalue weighted by atomic mass is 32.1. The third-order valence-corrected chi connectivity index (χ3v) is 5.59. The molecule has 0 bridgehead atoms. The van der Waals surface area contributed by atoms with Gasteiger partial charge in [0.1, 0.15) is 5.76 Å². The average molecular weight is 347 g/mol. The summed E-state index contributed by atoms with van der Waals surface area (Å²) in [5, 5.41) is 6.33. The largest absolute Gasteiger partial charge is 0.469 e. The summed E-state index contributed by atoms with van der Waals surface area (Å²) in [5.41, 5.74) is 0.419. The Morgan fingerprint density at radius 3 is 3.21 bits per heavy atom. The molecule has 2 aromatic heterocycles. The Morgan fingerprint density at radius 1 is 1.54 bits per heavy atom. The number of carbonyl (C=O) groups is 1. The van der Waals surface area contributed by atoms with Gasteiger partial charge in [-0.25, -0.2) is 4.98 Å². The van der Waals surface area contributed by atoms with Gasteiger partial charge in [-0.3, -0.25) is 4.79 Å². The topological polar surface area (TPSA) is 67.6 Å². The maximum atomic E-state index is 12.7. The van der Waals surface area contributed by atoms with Crippen LogP contribution in [0.2, 0.25) is 0 Å². The predicted molar refractivity (Wildman–Crippen MR) is 91.4 cm³/mol. The molecule has 1 N–H and O–H groups in total. The number of furan rings is 1. The van der Waals surface area contributed by atoms with Crippen LogP contribution in [0, 0.1) is 6.92 Å². The molecule has 2 aromatic rings. The van der Waals surface area contributed by atoms with Crippen LogP contribution < -0.4 is 5.32 Å². The zero-order valence-corrected chi connectivity index (χ0v) is 14.5. The van der Waals surface area contributed by atoms with E-state index in [0.717, 1.165) is 30.9 Å². The second-order valence-corrected chi connectivity index (χ2v) is 7.49. The lowest BCUT2D eigenvalue weighted by atomic mass is 9.88. The summed E-state index contributed by atoms with van der Waals surface area (Å²) in [4.78, 5) is 18.9. The van der Waals surface area contributed by atoms with Gasteiger partial charge in [-0.1, -0.05) is 0 Å². The van der Waals surface area contributed by atoms with Gasteiger partial charge in [0.25, 0.3) is 5.91 Å². The number of likely N-dealkylation sites (tertiary alicyclic amines) is 1. The van der Waals surface area contributed by atoms with E-state index in [-0.39, 0.29) is 17.6 Å². The van der Waals surface area contributed by atoms with Crippen LogP contribution in [0.4, 0.5) is 5.13 Å². The first kappa shape index (κ1) is 15.7. The van der Waals surface area contributed by atoms with Crippen LogP contribution in [0.1, 0.15) is 35.4 Å². The van der Waals surface area contributed by atoms with Gasteiger partial charge in [0.2, 0.25) is 0 Å². The van der Waals surface area contributed by atoms with Crippen molar-refractivity contribution in [1.82, 2.24) is 9.88 Å². The molecule has 4 rings (SSSR count). The van der Waals surface area contributed by atoms with Crippen LogP contribution in [-0.4, -0.2) is 47.1 Å². The first-order valence-electron chi connectivity index (χ1n) is 8.29. The summed E-state index contributed by atoms with van der Waals surface area (Å²) in [6.07, 6.45) is 6.24. The minimum Gasteiger partial charge on any atom is -0.469 e. The second kappa shape index (κ2) is 6.22. The minimum atomic E-state index is -0.236. The third-order valence-electron chi connectivity index (χ3n) is 4.88. The summed E-state index contributed by atoms with van der Waals surface area (Å²) in [6, 6.07) is 2.00. The van der Waals surface area contributed by atoms with E-state index in [2.05, 4.69) is 10.3 Å². The minimum absolute atomic E-state index is 0.0419. The van der Waals surface area contributed by atoms with Crippen LogP contribution >= 0.6 is 11.3 Å². The first-order chi connectivity index (χ1) is 11.7. The molecular weight excluding hydrogens is 326 g/mol. The highest BCUT2D eigenvalue weighted by molar-refractivity contribution is 7.13. The van der Waals surface area contributed by atoms with Gasteiger partial charge in [0, 0.05) is 24.5 Å². The number of rotatable bonds is 3. The maximum absolute atomic E-state index is 12.7. The number of amides is 1. The molecule has 2 atom stereocenters. The summed E-state index contributed by atoms with van der Waals surface area (Å²) in [6.45, 7) is 3.91. The Balaban J connectivity index is 1.43. The third kappa shape index (κ3) is 2.93. The fourth-order valence-corrected chi connectivity index (χ4v) is 4.35. The van der Waals surface area contributed by atoms with Crippen molar-refractivity contribution in [2.24, 2.45) is 0 Å². The Kier molecular flexibility index (Phi) is 4.05. The predicted octanol–water partition coefficient (Wildman–Crippen LogP) is 2.92. The molecule has 2 aliphatic heterocycles. The monoisotopic (exact) mass is 347 g/mol. The second-order valence-electron chi connectivity index (χ2n) is 6.60. The summed E-state index contributed by atoms with van der Waals surface area (Å²) in [5.74, 6) is 0.718. The molecule has 0 aromatic carbocycles. The number of nitrogens with one attached hydrogen (secondary N) is 1. The molecule has 2 unspecified atom stereocenters. The number of nitrogens with zero attached hydrogens (tertiary/aromatic N) is 2. The van der Waals surface area contributed by atoms with Crippen LogP contribution in [0.3, 0.4) is 0 Å². The van der Waals surface area contributed by atoms with Crippen molar-refractivity contribution in [3.05, 3.63) is 35.2 Å². The van der Waals surface area contributed by atoms with Gasteiger partial charge in [-0.2, -0.15) is 0 Å². The molecule has 7 heteroatoms. The number of ether oxygens (including phenoxy) is 1. The van der Waals surface area contributed by atoms with E-state index in [1.54, 1.807) is 29.9 Å². The Hall–Kier alpha value is -1.86. The van der Waals surface area contributed by atoms with Crippen LogP contribution in [0.5, 0.6) is 0 Å². The number of aryl methyl sites for hydroxylation is 1. The zero-order chi connectivity index (χ0) is 16.6. The van der Waals surface area contributed by atoms with Gasteiger partial charge in [0.05, 0.1) is 36.6 Å². The molecule has 1 amide bonds. The quantitative estimate of drug-likeness (QED) is 0.925. The number of hydrogen-bond acceptors (Lipinski definition) is 6. The number of piperidine rings is 1. The molecule has 0 saturated carbocycles. The van der Waals surface area contributed by atoms with Crippen LogP contribution in [0.25, 0.3) is 0 Å². The fraction of sp³-hybridized carbons (Fsp3) is 0.529. The van der Waals surface area contributed by atoms with Crippen molar-refractivity contribution < 1.29 is 13.9 Å². The normalized spacial score (nSPS) is 26.9. The lowest BCUT2D eigenvalue weighted by Crippen LogP contribution is -2.50. The zero-order valence-electron chi connectivity index (χ0n) is 13.7. The van der Waals surface area contributed by atoms with Gasteiger partial charge < -0.3 is 19.4 Å². The van der Waals surface area contributed by atoms with E-state index in [1.807, 2.05) is 17.2 Å². The number of carbonyl (C=O) groups excluding carboxylic acids is 1. The highest BCUT2D eigenvalue weighted by Gasteiger charge is 2.45. The molecule has 6 nitrogen and oxygen atoms in total. The first-order valence-corrected chi connectivity index (χ1v) is 9.17. The van der Waals surface area contributed by atoms with Crippen molar-refractivity contribution in [2.75, 3.05) is 25.0 Å². The van der Waals surface area contributed by atoms with Crippen molar-refractivity contribution in [3.63, 3.8) is 0 Å². The summed E-state index contributed by atoms with van der Waals surface area (Å²) < 4.78 is 11.4. The van der Waals surface area contributed by atoms with E-state index in [9.17, 15) is 4.79 Å². The molecule has 2 saturated heterocycles. The smallest absolute Gasteiger partial charge is 0.257 e. The van der Waals surface area contributed by atoms with E-state index in [0.29, 0.717) is 24.5 Å². The number of anilines is 1. The number of aromatic nitrogens is 1. The number of thiazole rings is 1. The Morgan fingerprint density at radius 2 is 2.46 bits per heavy atom. The van der Waals surface area contributed by atoms with Crippen molar-refractivity contribution in [2.45, 2.75) is 37.8 Å². The lowest BCUT2D eigenvalue weighted by molar-refractivity contribution is -0.0447. The van der Waals surface area contributed by atoms with Crippen molar-refractivity contribution in [3.8, 4) is 0 Å². The molecule has 0 aliphatic carbocycles. The summed E-state index contributed by atoms with van der Waals surface area (Å²) in [7, 11) is 0. The molecule has 128 valence electrons. The van der Waals surface area contributed by atoms with E-state index < -0.39 is 0 Å². The van der Waals surface area contributed by atoms with E-state index >= 15 is 0 Å². The molecule has 24 heavy (non-hydrogen) atoms. The van der Waals surface area contributed by atoms with Crippen LogP contribution in [-0.2, 0) is 4.74 Å².